The summed E-state index contributed by atoms with van der Waals surface area (Å²) >= 11 is 0. The van der Waals surface area contributed by atoms with Crippen LogP contribution in [0.2, 0.25) is 0 Å². The molecule has 2 nitrogen and oxygen atoms in total. The van der Waals surface area contributed by atoms with E-state index in [-0.39, 0.29) is 0 Å². The molecule has 0 unspecified atom stereocenters. The van der Waals surface area contributed by atoms with Crippen molar-refractivity contribution in [3.8, 4) is 23.7 Å². The fourth-order valence-electron chi connectivity index (χ4n) is 3.81. The molecular weight excluding hydrogens is 436 g/mol. The Kier molecular flexibility index (Phi) is 7.28. The quantitative estimate of drug-likeness (QED) is 0.258. The highest BCUT2D eigenvalue weighted by Crippen LogP contribution is 2.04. The van der Waals surface area contributed by atoms with Crippen LogP contribution in [0.3, 0.4) is 0 Å². The van der Waals surface area contributed by atoms with Gasteiger partial charge < -0.3 is 0 Å². The fraction of sp³-hybridized carbons (Fsp3) is 0.0588. The van der Waals surface area contributed by atoms with Crippen LogP contribution in [0.5, 0.6) is 0 Å². The smallest absolute Gasteiger partial charge is 0.173 e. The van der Waals surface area contributed by atoms with Crippen LogP contribution >= 0.6 is 0 Å². The van der Waals surface area contributed by atoms with Crippen LogP contribution in [-0.4, -0.2) is 0 Å². The summed E-state index contributed by atoms with van der Waals surface area (Å²) < 4.78 is 4.31. The standard InChI is InChI=1S/C34H26N2/c1-3-7-33(8-4-1)27-35-23-19-31(20-24-35)17-15-29-11-13-30(14-12-29)16-18-32-21-25-36(26-22-32)28-34-9-5-2-6-10-34/h1-14,19-26H,27-28H2/q+2. The molecule has 36 heavy (non-hydrogen) atoms. The second-order valence-corrected chi connectivity index (χ2v) is 8.57. The van der Waals surface area contributed by atoms with E-state index in [9.17, 15) is 0 Å². The zero-order chi connectivity index (χ0) is 24.4. The average Bonchev–Trinajstić information content (AvgIpc) is 2.94. The molecule has 0 atom stereocenters. The second-order valence-electron chi connectivity index (χ2n) is 8.57. The lowest BCUT2D eigenvalue weighted by molar-refractivity contribution is -0.688. The third-order valence-corrected chi connectivity index (χ3v) is 5.79. The average molecular weight is 463 g/mol. The molecule has 3 aromatic carbocycles. The van der Waals surface area contributed by atoms with Gasteiger partial charge in [-0.05, 0) is 24.3 Å². The highest BCUT2D eigenvalue weighted by Gasteiger charge is 2.02. The molecule has 0 fully saturated rings. The molecule has 170 valence electrons. The number of aromatic nitrogens is 2. The van der Waals surface area contributed by atoms with Gasteiger partial charge in [-0.2, -0.15) is 0 Å². The minimum Gasteiger partial charge on any atom is -0.201 e. The molecule has 0 amide bonds. The molecular formula is C34H26N2+2. The van der Waals surface area contributed by atoms with Crippen LogP contribution in [-0.2, 0) is 13.1 Å². The van der Waals surface area contributed by atoms with Gasteiger partial charge in [0.1, 0.15) is 0 Å². The summed E-state index contributed by atoms with van der Waals surface area (Å²) in [5.74, 6) is 13.0. The van der Waals surface area contributed by atoms with E-state index in [2.05, 4.69) is 130 Å². The van der Waals surface area contributed by atoms with E-state index >= 15 is 0 Å². The Morgan fingerprint density at radius 2 is 0.667 bits per heavy atom. The van der Waals surface area contributed by atoms with E-state index in [1.54, 1.807) is 0 Å². The number of benzene rings is 3. The summed E-state index contributed by atoms with van der Waals surface area (Å²) in [6.45, 7) is 1.71. The predicted octanol–water partition coefficient (Wildman–Crippen LogP) is 5.16. The lowest BCUT2D eigenvalue weighted by Crippen LogP contribution is -2.33. The highest BCUT2D eigenvalue weighted by molar-refractivity contribution is 5.47. The van der Waals surface area contributed by atoms with Gasteiger partial charge in [-0.1, -0.05) is 84.3 Å². The zero-order valence-corrected chi connectivity index (χ0v) is 20.0. The van der Waals surface area contributed by atoms with Gasteiger partial charge in [0.2, 0.25) is 0 Å². The van der Waals surface area contributed by atoms with Gasteiger partial charge >= 0.3 is 0 Å². The van der Waals surface area contributed by atoms with Crippen molar-refractivity contribution in [1.29, 1.82) is 0 Å². The van der Waals surface area contributed by atoms with Crippen LogP contribution in [0.4, 0.5) is 0 Å². The van der Waals surface area contributed by atoms with Crippen molar-refractivity contribution >= 4 is 0 Å². The zero-order valence-electron chi connectivity index (χ0n) is 20.0. The molecule has 0 saturated heterocycles. The maximum atomic E-state index is 3.25. The molecule has 0 radical (unpaired) electrons. The van der Waals surface area contributed by atoms with Crippen molar-refractivity contribution in [3.05, 3.63) is 167 Å². The largest absolute Gasteiger partial charge is 0.201 e. The molecule has 0 bridgehead atoms. The van der Waals surface area contributed by atoms with E-state index in [4.69, 9.17) is 0 Å². The Labute approximate surface area is 213 Å². The van der Waals surface area contributed by atoms with Gasteiger partial charge in [0.25, 0.3) is 0 Å². The third kappa shape index (κ3) is 6.57. The molecule has 0 N–H and O–H groups in total. The van der Waals surface area contributed by atoms with Crippen molar-refractivity contribution in [2.45, 2.75) is 13.1 Å². The number of hydrogen-bond donors (Lipinski definition) is 0. The summed E-state index contributed by atoms with van der Waals surface area (Å²) in [5, 5.41) is 0. The predicted molar refractivity (Wildman–Crippen MR) is 143 cm³/mol. The van der Waals surface area contributed by atoms with E-state index in [0.717, 1.165) is 35.3 Å². The van der Waals surface area contributed by atoms with Crippen molar-refractivity contribution in [2.24, 2.45) is 0 Å². The Balaban J connectivity index is 1.18. The molecule has 5 rings (SSSR count). The molecule has 5 aromatic rings. The molecule has 0 aliphatic rings. The number of nitrogens with zero attached hydrogens (tertiary/aromatic N) is 2. The fourth-order valence-corrected chi connectivity index (χ4v) is 3.81. The van der Waals surface area contributed by atoms with Gasteiger partial charge in [0.15, 0.2) is 37.9 Å². The summed E-state index contributed by atoms with van der Waals surface area (Å²) in [5.41, 5.74) is 6.51. The summed E-state index contributed by atoms with van der Waals surface area (Å²) in [6, 6.07) is 37.2. The van der Waals surface area contributed by atoms with Gasteiger partial charge in [-0.25, -0.2) is 9.13 Å². The van der Waals surface area contributed by atoms with Crippen molar-refractivity contribution < 1.29 is 9.13 Å². The van der Waals surface area contributed by atoms with Gasteiger partial charge in [-0.3, -0.25) is 0 Å². The van der Waals surface area contributed by atoms with Crippen LogP contribution in [0.1, 0.15) is 33.4 Å². The van der Waals surface area contributed by atoms with Crippen LogP contribution in [0, 0.1) is 23.7 Å². The molecule has 0 aliphatic carbocycles. The number of rotatable bonds is 4. The maximum Gasteiger partial charge on any atom is 0.173 e. The third-order valence-electron chi connectivity index (χ3n) is 5.79. The SMILES string of the molecule is C(#Cc1cc[n+](Cc2ccccc2)cc1)c1ccc(C#Cc2cc[n+](Cc3ccccc3)cc2)cc1. The first-order valence-corrected chi connectivity index (χ1v) is 12.0. The van der Waals surface area contributed by atoms with Crippen LogP contribution < -0.4 is 9.13 Å². The van der Waals surface area contributed by atoms with E-state index in [1.807, 2.05) is 36.4 Å². The Morgan fingerprint density at radius 1 is 0.361 bits per heavy atom. The summed E-state index contributed by atoms with van der Waals surface area (Å²) in [4.78, 5) is 0. The minimum atomic E-state index is 0.855. The summed E-state index contributed by atoms with van der Waals surface area (Å²) in [6.07, 6.45) is 8.29. The first-order valence-electron chi connectivity index (χ1n) is 12.0. The lowest BCUT2D eigenvalue weighted by atomic mass is 10.1. The van der Waals surface area contributed by atoms with Crippen LogP contribution in [0.25, 0.3) is 0 Å². The molecule has 0 saturated carbocycles. The second kappa shape index (κ2) is 11.5. The number of pyridine rings is 2. The van der Waals surface area contributed by atoms with Crippen molar-refractivity contribution in [2.75, 3.05) is 0 Å². The van der Waals surface area contributed by atoms with Gasteiger partial charge in [-0.15, -0.1) is 0 Å². The lowest BCUT2D eigenvalue weighted by Gasteiger charge is -1.97. The highest BCUT2D eigenvalue weighted by atomic mass is 14.9. The van der Waals surface area contributed by atoms with E-state index < -0.39 is 0 Å². The monoisotopic (exact) mass is 462 g/mol. The first-order chi connectivity index (χ1) is 17.8. The molecule has 2 aromatic heterocycles. The molecule has 0 aliphatic heterocycles. The molecule has 2 heterocycles. The minimum absolute atomic E-state index is 0.855. The number of hydrogen-bond acceptors (Lipinski definition) is 0. The molecule has 0 spiro atoms. The topological polar surface area (TPSA) is 7.76 Å². The van der Waals surface area contributed by atoms with Gasteiger partial charge in [0.05, 0.1) is 0 Å². The van der Waals surface area contributed by atoms with Crippen molar-refractivity contribution in [1.82, 2.24) is 0 Å². The normalized spacial score (nSPS) is 10.0. The van der Waals surface area contributed by atoms with E-state index in [0.29, 0.717) is 0 Å². The summed E-state index contributed by atoms with van der Waals surface area (Å²) in [7, 11) is 0. The van der Waals surface area contributed by atoms with Gasteiger partial charge in [0, 0.05) is 57.6 Å². The Bertz CT molecular complexity index is 1410. The Morgan fingerprint density at radius 3 is 1.00 bits per heavy atom. The van der Waals surface area contributed by atoms with Crippen molar-refractivity contribution in [3.63, 3.8) is 0 Å². The Hall–Kier alpha value is -4.92. The maximum absolute atomic E-state index is 3.25. The molecule has 2 heteroatoms. The first kappa shape index (κ1) is 22.9. The van der Waals surface area contributed by atoms with Crippen LogP contribution in [0.15, 0.2) is 134 Å². The van der Waals surface area contributed by atoms with E-state index in [1.165, 1.54) is 11.1 Å².